The Bertz CT molecular complexity index is 1630. The predicted octanol–water partition coefficient (Wildman–Crippen LogP) is 6.38. The summed E-state index contributed by atoms with van der Waals surface area (Å²) in [6.45, 7) is 17.7. The number of nitrogens with zero attached hydrogens (tertiary/aromatic N) is 6. The molecule has 0 spiro atoms. The zero-order valence-electron chi connectivity index (χ0n) is 29.5. The summed E-state index contributed by atoms with van der Waals surface area (Å²) in [6, 6.07) is 4.94. The topological polar surface area (TPSA) is 64.9 Å². The van der Waals surface area contributed by atoms with Crippen molar-refractivity contribution in [2.45, 2.75) is 72.4 Å². The molecule has 3 aliphatic rings. The van der Waals surface area contributed by atoms with Gasteiger partial charge in [0.1, 0.15) is 5.82 Å². The molecule has 5 heterocycles. The normalized spacial score (nSPS) is 22.4. The third-order valence-corrected chi connectivity index (χ3v) is 11.6. The molecule has 0 aliphatic carbocycles. The molecule has 0 saturated carbocycles. The van der Waals surface area contributed by atoms with Crippen molar-refractivity contribution in [3.63, 3.8) is 0 Å². The van der Waals surface area contributed by atoms with Crippen LogP contribution in [0.15, 0.2) is 36.8 Å². The fraction of sp³-hybridized carbons (Fsp3) is 0.605. The lowest BCUT2D eigenvalue weighted by Gasteiger charge is -2.32. The summed E-state index contributed by atoms with van der Waals surface area (Å²) in [7, 11) is 1.75. The zero-order chi connectivity index (χ0) is 34.3. The minimum absolute atomic E-state index is 0.0262. The van der Waals surface area contributed by atoms with Crippen molar-refractivity contribution in [1.29, 1.82) is 0 Å². The lowest BCUT2D eigenvalue weighted by atomic mass is 9.96. The highest BCUT2D eigenvalue weighted by Gasteiger charge is 2.40. The average Bonchev–Trinajstić information content (AvgIpc) is 3.82. The number of benzene rings is 1. The van der Waals surface area contributed by atoms with Gasteiger partial charge in [-0.05, 0) is 100 Å². The quantitative estimate of drug-likeness (QED) is 0.236. The standard InChI is InChI=1S/C38H52ClFN6O2/c1-24(2)34(8-7-12-43-19-29-21-45(26(5)47)22-30(29)20-43)44-13-11-27(18-44)14-28-23-46(36-17-41-16-33(39)37(28)36)35-10-9-31(40)15-32(35)38(48)42(6)25(3)4/h9-10,15-17,23-25,27,29-30,34H,7-8,11-14,18-22H2,1-6H3/t27-,29+,30+,34-/m1/s1. The SMILES string of the molecule is CC(=O)N1C[C@@H]2CN(CCC[C@H](C(C)C)N3CC[C@H](Cc4cn(-c5ccc(F)cc5C(=O)N(C)C(C)C)c5cncc(Cl)c45)C3)C[C@H]2C1. The molecule has 0 radical (unpaired) electrons. The molecule has 10 heteroatoms. The molecule has 0 unspecified atom stereocenters. The van der Waals surface area contributed by atoms with E-state index in [9.17, 15) is 14.0 Å². The molecule has 3 saturated heterocycles. The molecular weight excluding hydrogens is 627 g/mol. The van der Waals surface area contributed by atoms with Crippen molar-refractivity contribution in [2.75, 3.05) is 52.9 Å². The van der Waals surface area contributed by atoms with Gasteiger partial charge in [-0.1, -0.05) is 25.4 Å². The second kappa shape index (κ2) is 14.5. The van der Waals surface area contributed by atoms with Gasteiger partial charge in [0, 0.05) is 76.6 Å². The van der Waals surface area contributed by atoms with Crippen molar-refractivity contribution in [1.82, 2.24) is 29.2 Å². The lowest BCUT2D eigenvalue weighted by Crippen LogP contribution is -2.38. The summed E-state index contributed by atoms with van der Waals surface area (Å²) in [6.07, 6.45) is 9.94. The highest BCUT2D eigenvalue weighted by Crippen LogP contribution is 2.36. The van der Waals surface area contributed by atoms with Crippen LogP contribution in [0.2, 0.25) is 5.02 Å². The Morgan fingerprint density at radius 2 is 1.79 bits per heavy atom. The third kappa shape index (κ3) is 7.15. The summed E-state index contributed by atoms with van der Waals surface area (Å²) >= 11 is 6.81. The van der Waals surface area contributed by atoms with Crippen LogP contribution in [0.1, 0.15) is 69.8 Å². The van der Waals surface area contributed by atoms with E-state index in [0.717, 1.165) is 75.1 Å². The fourth-order valence-electron chi connectivity index (χ4n) is 8.52. The maximum absolute atomic E-state index is 14.5. The van der Waals surface area contributed by atoms with Crippen LogP contribution in [-0.4, -0.2) is 106 Å². The number of likely N-dealkylation sites (tertiary alicyclic amines) is 3. The predicted molar refractivity (Wildman–Crippen MR) is 190 cm³/mol. The number of hydrogen-bond acceptors (Lipinski definition) is 5. The van der Waals surface area contributed by atoms with Gasteiger partial charge in [-0.2, -0.15) is 0 Å². The van der Waals surface area contributed by atoms with Crippen LogP contribution in [0, 0.1) is 29.5 Å². The van der Waals surface area contributed by atoms with Crippen LogP contribution in [0.4, 0.5) is 4.39 Å². The maximum atomic E-state index is 14.5. The number of fused-ring (bicyclic) bond motifs is 2. The maximum Gasteiger partial charge on any atom is 0.256 e. The minimum atomic E-state index is -0.443. The van der Waals surface area contributed by atoms with Gasteiger partial charge in [0.25, 0.3) is 5.91 Å². The lowest BCUT2D eigenvalue weighted by molar-refractivity contribution is -0.128. The molecule has 0 N–H and O–H groups in total. The molecule has 260 valence electrons. The van der Waals surface area contributed by atoms with Crippen molar-refractivity contribution in [3.8, 4) is 5.69 Å². The zero-order valence-corrected chi connectivity index (χ0v) is 30.2. The fourth-order valence-corrected chi connectivity index (χ4v) is 8.79. The van der Waals surface area contributed by atoms with Crippen LogP contribution in [0.25, 0.3) is 16.6 Å². The van der Waals surface area contributed by atoms with Crippen LogP contribution in [0.5, 0.6) is 0 Å². The van der Waals surface area contributed by atoms with E-state index in [1.54, 1.807) is 37.3 Å². The van der Waals surface area contributed by atoms with E-state index < -0.39 is 5.82 Å². The first-order valence-corrected chi connectivity index (χ1v) is 18.2. The van der Waals surface area contributed by atoms with Crippen LogP contribution >= 0.6 is 11.6 Å². The van der Waals surface area contributed by atoms with Crippen molar-refractivity contribution < 1.29 is 14.0 Å². The van der Waals surface area contributed by atoms with E-state index in [-0.39, 0.29) is 17.9 Å². The average molecular weight is 679 g/mol. The number of hydrogen-bond donors (Lipinski definition) is 0. The van der Waals surface area contributed by atoms with Gasteiger partial charge in [0.2, 0.25) is 5.91 Å². The van der Waals surface area contributed by atoms with Gasteiger partial charge >= 0.3 is 0 Å². The molecule has 6 rings (SSSR count). The first-order valence-electron chi connectivity index (χ1n) is 17.8. The highest BCUT2D eigenvalue weighted by molar-refractivity contribution is 6.35. The first-order chi connectivity index (χ1) is 22.9. The van der Waals surface area contributed by atoms with E-state index in [0.29, 0.717) is 46.0 Å². The van der Waals surface area contributed by atoms with E-state index in [1.165, 1.54) is 25.0 Å². The van der Waals surface area contributed by atoms with E-state index >= 15 is 0 Å². The van der Waals surface area contributed by atoms with Gasteiger partial charge < -0.3 is 19.3 Å². The van der Waals surface area contributed by atoms with Gasteiger partial charge in [0.05, 0.1) is 28.0 Å². The number of pyridine rings is 1. The van der Waals surface area contributed by atoms with Gasteiger partial charge in [-0.25, -0.2) is 4.39 Å². The van der Waals surface area contributed by atoms with E-state index in [4.69, 9.17) is 11.6 Å². The Morgan fingerprint density at radius 3 is 2.46 bits per heavy atom. The Hall–Kier alpha value is -3.01. The highest BCUT2D eigenvalue weighted by atomic mass is 35.5. The molecule has 8 nitrogen and oxygen atoms in total. The number of rotatable bonds is 11. The van der Waals surface area contributed by atoms with Crippen molar-refractivity contribution >= 4 is 34.3 Å². The molecule has 2 amide bonds. The summed E-state index contributed by atoms with van der Waals surface area (Å²) < 4.78 is 16.5. The molecule has 3 fully saturated rings. The van der Waals surface area contributed by atoms with Gasteiger partial charge in [0.15, 0.2) is 0 Å². The molecule has 3 aromatic rings. The number of amides is 2. The number of carbonyl (C=O) groups excluding carboxylic acids is 2. The van der Waals surface area contributed by atoms with E-state index in [2.05, 4.69) is 34.8 Å². The Morgan fingerprint density at radius 1 is 1.06 bits per heavy atom. The second-order valence-corrected chi connectivity index (χ2v) is 15.6. The van der Waals surface area contributed by atoms with E-state index in [1.807, 2.05) is 23.3 Å². The minimum Gasteiger partial charge on any atom is -0.342 e. The van der Waals surface area contributed by atoms with Crippen LogP contribution in [0.3, 0.4) is 0 Å². The molecule has 3 aliphatic heterocycles. The third-order valence-electron chi connectivity index (χ3n) is 11.3. The molecule has 0 bridgehead atoms. The number of carbonyl (C=O) groups is 2. The van der Waals surface area contributed by atoms with Crippen LogP contribution in [-0.2, 0) is 11.2 Å². The smallest absolute Gasteiger partial charge is 0.256 e. The molecular formula is C38H52ClFN6O2. The monoisotopic (exact) mass is 678 g/mol. The van der Waals surface area contributed by atoms with Crippen molar-refractivity contribution in [2.24, 2.45) is 23.7 Å². The summed E-state index contributed by atoms with van der Waals surface area (Å²) in [5.41, 5.74) is 2.89. The second-order valence-electron chi connectivity index (χ2n) is 15.2. The first kappa shape index (κ1) is 34.8. The summed E-state index contributed by atoms with van der Waals surface area (Å²) in [5.74, 6) is 1.89. The summed E-state index contributed by atoms with van der Waals surface area (Å²) in [5, 5.41) is 1.54. The Balaban J connectivity index is 1.14. The summed E-state index contributed by atoms with van der Waals surface area (Å²) in [4.78, 5) is 38.7. The molecule has 1 aromatic carbocycles. The van der Waals surface area contributed by atoms with Crippen LogP contribution < -0.4 is 0 Å². The number of aromatic nitrogens is 2. The molecule has 48 heavy (non-hydrogen) atoms. The van der Waals surface area contributed by atoms with Gasteiger partial charge in [-0.3, -0.25) is 19.5 Å². The van der Waals surface area contributed by atoms with Gasteiger partial charge in [-0.15, -0.1) is 0 Å². The van der Waals surface area contributed by atoms with Crippen molar-refractivity contribution in [3.05, 3.63) is 58.8 Å². The molecule has 4 atom stereocenters. The number of halogens is 2. The molecule has 2 aromatic heterocycles. The Kier molecular flexibility index (Phi) is 10.5. The largest absolute Gasteiger partial charge is 0.342 e. The Labute approximate surface area is 290 Å².